The highest BCUT2D eigenvalue weighted by atomic mass is 79.9. The maximum absolute atomic E-state index is 6.68. The van der Waals surface area contributed by atoms with Gasteiger partial charge in [0.15, 0.2) is 0 Å². The molecule has 106 valence electrons. The smallest absolute Gasteiger partial charge is 0.124 e. The zero-order valence-corrected chi connectivity index (χ0v) is 15.4. The number of halogens is 3. The second-order valence-corrected chi connectivity index (χ2v) is 6.91. The predicted octanol–water partition coefficient (Wildman–Crippen LogP) is 6.17. The number of methoxy groups -OCH3 is 1. The van der Waals surface area contributed by atoms with Crippen LogP contribution in [0, 0.1) is 13.8 Å². The first-order valence-electron chi connectivity index (χ1n) is 6.18. The van der Waals surface area contributed by atoms with Crippen LogP contribution in [0.5, 0.6) is 5.75 Å². The first kappa shape index (κ1) is 15.9. The molecule has 4 heteroatoms. The Morgan fingerprint density at radius 2 is 1.70 bits per heavy atom. The molecule has 2 aromatic carbocycles. The zero-order chi connectivity index (χ0) is 14.9. The Kier molecular flexibility index (Phi) is 5.16. The van der Waals surface area contributed by atoms with E-state index in [2.05, 4.69) is 44.8 Å². The van der Waals surface area contributed by atoms with Crippen LogP contribution in [0.2, 0.25) is 0 Å². The molecule has 0 saturated carbocycles. The molecule has 0 aromatic heterocycles. The number of hydrogen-bond donors (Lipinski definition) is 0. The van der Waals surface area contributed by atoms with Crippen molar-refractivity contribution >= 4 is 43.5 Å². The van der Waals surface area contributed by atoms with Gasteiger partial charge in [-0.05, 0) is 54.8 Å². The molecule has 20 heavy (non-hydrogen) atoms. The largest absolute Gasteiger partial charge is 0.496 e. The maximum Gasteiger partial charge on any atom is 0.124 e. The molecule has 2 aromatic rings. The monoisotopic (exact) mass is 416 g/mol. The SMILES string of the molecule is COc1cc(C)c(Br)cc1C(Cl)c1ccc(Br)cc1C. The lowest BCUT2D eigenvalue weighted by Gasteiger charge is -2.18. The molecule has 1 atom stereocenters. The predicted molar refractivity (Wildman–Crippen MR) is 92.0 cm³/mol. The summed E-state index contributed by atoms with van der Waals surface area (Å²) in [5, 5.41) is -0.241. The third-order valence-electron chi connectivity index (χ3n) is 3.29. The molecule has 0 fully saturated rings. The van der Waals surface area contributed by atoms with Crippen molar-refractivity contribution in [3.05, 3.63) is 61.5 Å². The van der Waals surface area contributed by atoms with E-state index in [-0.39, 0.29) is 5.38 Å². The van der Waals surface area contributed by atoms with E-state index in [1.807, 2.05) is 31.2 Å². The third-order valence-corrected chi connectivity index (χ3v) is 5.11. The molecule has 0 amide bonds. The van der Waals surface area contributed by atoms with Gasteiger partial charge in [-0.15, -0.1) is 11.6 Å². The summed E-state index contributed by atoms with van der Waals surface area (Å²) in [6, 6.07) is 10.2. The van der Waals surface area contributed by atoms with Gasteiger partial charge < -0.3 is 4.74 Å². The summed E-state index contributed by atoms with van der Waals surface area (Å²) in [5.74, 6) is 0.813. The molecule has 2 rings (SSSR count). The second-order valence-electron chi connectivity index (χ2n) is 4.71. The van der Waals surface area contributed by atoms with Gasteiger partial charge in [-0.2, -0.15) is 0 Å². The van der Waals surface area contributed by atoms with E-state index < -0.39 is 0 Å². The average Bonchev–Trinajstić information content (AvgIpc) is 2.40. The number of ether oxygens (including phenoxy) is 1. The van der Waals surface area contributed by atoms with Crippen molar-refractivity contribution < 1.29 is 4.74 Å². The van der Waals surface area contributed by atoms with Crippen LogP contribution in [0.1, 0.15) is 27.6 Å². The van der Waals surface area contributed by atoms with Crippen LogP contribution in [-0.2, 0) is 0 Å². The lowest BCUT2D eigenvalue weighted by atomic mass is 9.98. The van der Waals surface area contributed by atoms with Gasteiger partial charge in [0.1, 0.15) is 5.75 Å². The quantitative estimate of drug-likeness (QED) is 0.542. The van der Waals surface area contributed by atoms with Gasteiger partial charge in [0.25, 0.3) is 0 Å². The molecule has 0 aliphatic heterocycles. The molecule has 0 spiro atoms. The minimum atomic E-state index is -0.241. The lowest BCUT2D eigenvalue weighted by molar-refractivity contribution is 0.409. The van der Waals surface area contributed by atoms with E-state index in [9.17, 15) is 0 Å². The van der Waals surface area contributed by atoms with Gasteiger partial charge in [0.05, 0.1) is 12.5 Å². The van der Waals surface area contributed by atoms with Crippen LogP contribution in [0.4, 0.5) is 0 Å². The fraction of sp³-hybridized carbons (Fsp3) is 0.250. The molecule has 1 unspecified atom stereocenters. The van der Waals surface area contributed by atoms with Gasteiger partial charge >= 0.3 is 0 Å². The Labute approximate surface area is 141 Å². The van der Waals surface area contributed by atoms with Crippen molar-refractivity contribution in [2.24, 2.45) is 0 Å². The van der Waals surface area contributed by atoms with Crippen LogP contribution < -0.4 is 4.74 Å². The molecular formula is C16H15Br2ClO. The molecule has 0 aliphatic rings. The summed E-state index contributed by atoms with van der Waals surface area (Å²) >= 11 is 13.7. The van der Waals surface area contributed by atoms with Crippen molar-refractivity contribution in [3.63, 3.8) is 0 Å². The molecule has 0 radical (unpaired) electrons. The van der Waals surface area contributed by atoms with Crippen molar-refractivity contribution in [1.29, 1.82) is 0 Å². The molecule has 0 aliphatic carbocycles. The van der Waals surface area contributed by atoms with Gasteiger partial charge in [0, 0.05) is 14.5 Å². The Bertz CT molecular complexity index is 641. The Morgan fingerprint density at radius 3 is 2.30 bits per heavy atom. The molecule has 0 N–H and O–H groups in total. The number of hydrogen-bond acceptors (Lipinski definition) is 1. The van der Waals surface area contributed by atoms with Crippen LogP contribution >= 0.6 is 43.5 Å². The number of rotatable bonds is 3. The van der Waals surface area contributed by atoms with E-state index in [0.29, 0.717) is 0 Å². The summed E-state index contributed by atoms with van der Waals surface area (Å²) < 4.78 is 7.56. The first-order chi connectivity index (χ1) is 9.43. The first-order valence-corrected chi connectivity index (χ1v) is 8.20. The van der Waals surface area contributed by atoms with Crippen LogP contribution in [-0.4, -0.2) is 7.11 Å². The standard InChI is InChI=1S/C16H15Br2ClO/c1-9-6-11(17)4-5-12(9)16(19)13-8-14(18)10(2)7-15(13)20-3/h4-8,16H,1-3H3. The van der Waals surface area contributed by atoms with Crippen molar-refractivity contribution in [1.82, 2.24) is 0 Å². The van der Waals surface area contributed by atoms with Crippen LogP contribution in [0.3, 0.4) is 0 Å². The van der Waals surface area contributed by atoms with Crippen LogP contribution in [0.15, 0.2) is 39.3 Å². The number of alkyl halides is 1. The highest BCUT2D eigenvalue weighted by molar-refractivity contribution is 9.10. The van der Waals surface area contributed by atoms with E-state index >= 15 is 0 Å². The molecule has 0 saturated heterocycles. The van der Waals surface area contributed by atoms with Gasteiger partial charge in [-0.1, -0.05) is 37.9 Å². The minimum absolute atomic E-state index is 0.241. The average molecular weight is 419 g/mol. The topological polar surface area (TPSA) is 9.23 Å². The highest BCUT2D eigenvalue weighted by Crippen LogP contribution is 2.39. The summed E-state index contributed by atoms with van der Waals surface area (Å²) in [5.41, 5.74) is 4.33. The number of benzene rings is 2. The normalized spacial score (nSPS) is 12.3. The fourth-order valence-electron chi connectivity index (χ4n) is 2.14. The van der Waals surface area contributed by atoms with Crippen molar-refractivity contribution in [2.45, 2.75) is 19.2 Å². The van der Waals surface area contributed by atoms with E-state index in [0.717, 1.165) is 36.9 Å². The molecular weight excluding hydrogens is 403 g/mol. The fourth-order valence-corrected chi connectivity index (χ4v) is 3.39. The molecule has 1 nitrogen and oxygen atoms in total. The molecule has 0 heterocycles. The summed E-state index contributed by atoms with van der Waals surface area (Å²) in [6.45, 7) is 4.09. The zero-order valence-electron chi connectivity index (χ0n) is 11.5. The van der Waals surface area contributed by atoms with Crippen LogP contribution in [0.25, 0.3) is 0 Å². The van der Waals surface area contributed by atoms with Gasteiger partial charge in [-0.3, -0.25) is 0 Å². The van der Waals surface area contributed by atoms with E-state index in [4.69, 9.17) is 16.3 Å². The summed E-state index contributed by atoms with van der Waals surface area (Å²) in [6.07, 6.45) is 0. The third kappa shape index (κ3) is 3.21. The van der Waals surface area contributed by atoms with Crippen molar-refractivity contribution in [3.8, 4) is 5.75 Å². The van der Waals surface area contributed by atoms with E-state index in [1.165, 1.54) is 0 Å². The molecule has 0 bridgehead atoms. The highest BCUT2D eigenvalue weighted by Gasteiger charge is 2.19. The minimum Gasteiger partial charge on any atom is -0.496 e. The Hall–Kier alpha value is -0.510. The maximum atomic E-state index is 6.68. The number of aryl methyl sites for hydroxylation is 2. The van der Waals surface area contributed by atoms with Crippen molar-refractivity contribution in [2.75, 3.05) is 7.11 Å². The summed E-state index contributed by atoms with van der Waals surface area (Å²) in [7, 11) is 1.67. The Morgan fingerprint density at radius 1 is 1.00 bits per heavy atom. The van der Waals surface area contributed by atoms with Gasteiger partial charge in [0.2, 0.25) is 0 Å². The lowest BCUT2D eigenvalue weighted by Crippen LogP contribution is -2.00. The second kappa shape index (κ2) is 6.50. The Balaban J connectivity index is 2.52. The van der Waals surface area contributed by atoms with Gasteiger partial charge in [-0.25, -0.2) is 0 Å². The summed E-state index contributed by atoms with van der Waals surface area (Å²) in [4.78, 5) is 0. The van der Waals surface area contributed by atoms with E-state index in [1.54, 1.807) is 7.11 Å².